The van der Waals surface area contributed by atoms with Gasteiger partial charge in [0.2, 0.25) is 0 Å². The maximum Gasteiger partial charge on any atom is 0.123 e. The number of hydrogen-bond donors (Lipinski definition) is 1. The third-order valence-electron chi connectivity index (χ3n) is 2.79. The first-order chi connectivity index (χ1) is 7.74. The lowest BCUT2D eigenvalue weighted by atomic mass is 9.97. The number of allylic oxidation sites excluding steroid dienone is 1. The number of aliphatic imine (C=N–C) groups is 1. The van der Waals surface area contributed by atoms with E-state index in [1.54, 1.807) is 6.20 Å². The summed E-state index contributed by atoms with van der Waals surface area (Å²) in [6.45, 7) is 6.56. The maximum atomic E-state index is 8.85. The van der Waals surface area contributed by atoms with Crippen LogP contribution in [0.25, 0.3) is 0 Å². The van der Waals surface area contributed by atoms with Crippen LogP contribution in [0.3, 0.4) is 0 Å². The van der Waals surface area contributed by atoms with E-state index in [1.165, 1.54) is 0 Å². The van der Waals surface area contributed by atoms with Gasteiger partial charge in [0.15, 0.2) is 0 Å². The maximum absolute atomic E-state index is 8.85. The van der Waals surface area contributed by atoms with Crippen LogP contribution in [0.2, 0.25) is 0 Å². The molecular formula is C12H14N4. The highest BCUT2D eigenvalue weighted by Gasteiger charge is 2.22. The van der Waals surface area contributed by atoms with Crippen LogP contribution < -0.4 is 5.43 Å². The molecule has 4 heteroatoms. The molecule has 1 atom stereocenters. The van der Waals surface area contributed by atoms with E-state index in [1.807, 2.05) is 24.2 Å². The highest BCUT2D eigenvalue weighted by atomic mass is 15.5. The first-order valence-corrected chi connectivity index (χ1v) is 5.27. The molecule has 0 fully saturated rings. The topological polar surface area (TPSA) is 51.4 Å². The molecule has 0 aromatic carbocycles. The molecule has 1 N–H and O–H groups in total. The zero-order valence-electron chi connectivity index (χ0n) is 9.27. The first-order valence-electron chi connectivity index (χ1n) is 5.27. The largest absolute Gasteiger partial charge is 0.270 e. The van der Waals surface area contributed by atoms with E-state index in [0.29, 0.717) is 0 Å². The molecule has 0 aromatic rings. The molecule has 0 radical (unpaired) electrons. The van der Waals surface area contributed by atoms with Crippen LogP contribution in [-0.4, -0.2) is 17.4 Å². The number of hydrogen-bond acceptors (Lipinski definition) is 4. The fourth-order valence-electron chi connectivity index (χ4n) is 1.73. The summed E-state index contributed by atoms with van der Waals surface area (Å²) in [5, 5.41) is 10.8. The molecule has 0 aliphatic carbocycles. The fourth-order valence-corrected chi connectivity index (χ4v) is 1.73. The van der Waals surface area contributed by atoms with E-state index >= 15 is 0 Å². The van der Waals surface area contributed by atoms with Gasteiger partial charge >= 0.3 is 0 Å². The van der Waals surface area contributed by atoms with Crippen LogP contribution in [0.4, 0.5) is 0 Å². The summed E-state index contributed by atoms with van der Waals surface area (Å²) in [7, 11) is 0. The highest BCUT2D eigenvalue weighted by molar-refractivity contribution is 5.85. The Morgan fingerprint density at radius 1 is 1.75 bits per heavy atom. The standard InChI is InChI=1S/C12H14N4/c1-3-10-6-15-16(8-10)12-4-9(2)11(5-13)7-14-12/h3,7-9,15H,1,4,6H2,2H3. The number of nitrogens with zero attached hydrogens (tertiary/aromatic N) is 3. The van der Waals surface area contributed by atoms with Gasteiger partial charge < -0.3 is 0 Å². The quantitative estimate of drug-likeness (QED) is 0.723. The Bertz CT molecular complexity index is 436. The van der Waals surface area contributed by atoms with Crippen molar-refractivity contribution in [3.8, 4) is 6.07 Å². The van der Waals surface area contributed by atoms with E-state index < -0.39 is 0 Å². The summed E-state index contributed by atoms with van der Waals surface area (Å²) < 4.78 is 0. The molecule has 0 saturated heterocycles. The van der Waals surface area contributed by atoms with Crippen LogP contribution in [0.15, 0.2) is 41.2 Å². The molecule has 4 nitrogen and oxygen atoms in total. The van der Waals surface area contributed by atoms with Gasteiger partial charge in [0.1, 0.15) is 5.84 Å². The molecule has 16 heavy (non-hydrogen) atoms. The van der Waals surface area contributed by atoms with Gasteiger partial charge in [-0.05, 0) is 11.5 Å². The van der Waals surface area contributed by atoms with Crippen molar-refractivity contribution in [3.05, 3.63) is 36.2 Å². The summed E-state index contributed by atoms with van der Waals surface area (Å²) in [6.07, 6.45) is 6.26. The zero-order valence-corrected chi connectivity index (χ0v) is 9.27. The molecule has 0 aromatic heterocycles. The van der Waals surface area contributed by atoms with Crippen LogP contribution >= 0.6 is 0 Å². The summed E-state index contributed by atoms with van der Waals surface area (Å²) in [6, 6.07) is 2.17. The van der Waals surface area contributed by atoms with Gasteiger partial charge in [-0.1, -0.05) is 19.6 Å². The Kier molecular flexibility index (Phi) is 2.88. The Balaban J connectivity index is 2.17. The average molecular weight is 214 g/mol. The summed E-state index contributed by atoms with van der Waals surface area (Å²) >= 11 is 0. The van der Waals surface area contributed by atoms with Crippen molar-refractivity contribution < 1.29 is 0 Å². The Hall–Kier alpha value is -1.86. The Morgan fingerprint density at radius 3 is 3.12 bits per heavy atom. The zero-order chi connectivity index (χ0) is 11.5. The molecule has 0 spiro atoms. The summed E-state index contributed by atoms with van der Waals surface area (Å²) in [5.41, 5.74) is 5.10. The van der Waals surface area contributed by atoms with Crippen molar-refractivity contribution in [2.75, 3.05) is 6.54 Å². The lowest BCUT2D eigenvalue weighted by Gasteiger charge is -2.23. The second kappa shape index (κ2) is 4.33. The van der Waals surface area contributed by atoms with E-state index in [2.05, 4.69) is 23.1 Å². The normalized spacial score (nSPS) is 24.4. The molecule has 1 unspecified atom stereocenters. The smallest absolute Gasteiger partial charge is 0.123 e. The molecule has 2 aliphatic heterocycles. The minimum absolute atomic E-state index is 0.237. The van der Waals surface area contributed by atoms with Gasteiger partial charge in [-0.3, -0.25) is 5.01 Å². The van der Waals surface area contributed by atoms with Crippen molar-refractivity contribution in [2.24, 2.45) is 10.9 Å². The molecule has 0 saturated carbocycles. The van der Waals surface area contributed by atoms with E-state index in [4.69, 9.17) is 5.26 Å². The first kappa shape index (κ1) is 10.7. The van der Waals surface area contributed by atoms with Crippen molar-refractivity contribution in [1.29, 1.82) is 5.26 Å². The van der Waals surface area contributed by atoms with Gasteiger partial charge in [0, 0.05) is 25.4 Å². The fraction of sp³-hybridized carbons (Fsp3) is 0.333. The van der Waals surface area contributed by atoms with E-state index in [-0.39, 0.29) is 5.92 Å². The molecule has 2 heterocycles. The monoisotopic (exact) mass is 214 g/mol. The van der Waals surface area contributed by atoms with Gasteiger partial charge in [-0.25, -0.2) is 10.4 Å². The van der Waals surface area contributed by atoms with Crippen molar-refractivity contribution in [2.45, 2.75) is 13.3 Å². The van der Waals surface area contributed by atoms with Gasteiger partial charge in [-0.2, -0.15) is 5.26 Å². The Labute approximate surface area is 95.2 Å². The molecular weight excluding hydrogens is 200 g/mol. The average Bonchev–Trinajstić information content (AvgIpc) is 2.77. The second-order valence-electron chi connectivity index (χ2n) is 3.96. The number of rotatable bonds is 1. The molecule has 2 aliphatic rings. The lowest BCUT2D eigenvalue weighted by Crippen LogP contribution is -2.36. The van der Waals surface area contributed by atoms with Crippen LogP contribution in [0.5, 0.6) is 0 Å². The summed E-state index contributed by atoms with van der Waals surface area (Å²) in [4.78, 5) is 4.30. The number of nitrogens with one attached hydrogen (secondary N) is 1. The summed E-state index contributed by atoms with van der Waals surface area (Å²) in [5.74, 6) is 1.18. The molecule has 0 bridgehead atoms. The van der Waals surface area contributed by atoms with Crippen LogP contribution in [0.1, 0.15) is 13.3 Å². The van der Waals surface area contributed by atoms with Gasteiger partial charge in [0.05, 0.1) is 11.6 Å². The SMILES string of the molecule is C=CC1=CN(C2=NC=C(C#N)C(C)C2)NC1. The van der Waals surface area contributed by atoms with E-state index in [0.717, 1.165) is 29.9 Å². The van der Waals surface area contributed by atoms with Gasteiger partial charge in [-0.15, -0.1) is 0 Å². The number of nitriles is 1. The van der Waals surface area contributed by atoms with Crippen molar-refractivity contribution in [3.63, 3.8) is 0 Å². The van der Waals surface area contributed by atoms with Gasteiger partial charge in [0.25, 0.3) is 0 Å². The highest BCUT2D eigenvalue weighted by Crippen LogP contribution is 2.21. The minimum Gasteiger partial charge on any atom is -0.270 e. The predicted molar refractivity (Wildman–Crippen MR) is 63.0 cm³/mol. The number of hydrazine groups is 1. The predicted octanol–water partition coefficient (Wildman–Crippen LogP) is 1.72. The van der Waals surface area contributed by atoms with E-state index in [9.17, 15) is 0 Å². The molecule has 2 rings (SSSR count). The van der Waals surface area contributed by atoms with Crippen LogP contribution in [0, 0.1) is 17.2 Å². The molecule has 82 valence electrons. The van der Waals surface area contributed by atoms with Crippen molar-refractivity contribution in [1.82, 2.24) is 10.4 Å². The lowest BCUT2D eigenvalue weighted by molar-refractivity contribution is 0.441. The third kappa shape index (κ3) is 1.90. The third-order valence-corrected chi connectivity index (χ3v) is 2.79. The Morgan fingerprint density at radius 2 is 2.56 bits per heavy atom. The molecule has 0 amide bonds. The second-order valence-corrected chi connectivity index (χ2v) is 3.96. The number of amidine groups is 1. The van der Waals surface area contributed by atoms with Crippen molar-refractivity contribution >= 4 is 5.84 Å². The van der Waals surface area contributed by atoms with Crippen LogP contribution in [-0.2, 0) is 0 Å². The minimum atomic E-state index is 0.237.